The van der Waals surface area contributed by atoms with E-state index in [0.29, 0.717) is 10.2 Å². The zero-order chi connectivity index (χ0) is 21.7. The number of nitrogens with one attached hydrogen (secondary N) is 2. The van der Waals surface area contributed by atoms with Crippen LogP contribution in [-0.2, 0) is 11.2 Å². The van der Waals surface area contributed by atoms with E-state index in [-0.39, 0.29) is 28.0 Å². The largest absolute Gasteiger partial charge is 0.480 e. The van der Waals surface area contributed by atoms with Crippen molar-refractivity contribution in [1.82, 2.24) is 15.0 Å². The van der Waals surface area contributed by atoms with Crippen molar-refractivity contribution in [2.75, 3.05) is 10.6 Å². The Balaban J connectivity index is 1.67. The molecule has 8 nitrogen and oxygen atoms in total. The van der Waals surface area contributed by atoms with Gasteiger partial charge in [0.1, 0.15) is 6.04 Å². The Morgan fingerprint density at radius 3 is 2.20 bits per heavy atom. The summed E-state index contributed by atoms with van der Waals surface area (Å²) in [5.74, 6) is -1.31. The molecule has 0 aliphatic carbocycles. The van der Waals surface area contributed by atoms with Gasteiger partial charge in [-0.15, -0.1) is 0 Å². The summed E-state index contributed by atoms with van der Waals surface area (Å²) in [7, 11) is 0. The van der Waals surface area contributed by atoms with E-state index in [0.717, 1.165) is 5.56 Å². The van der Waals surface area contributed by atoms with Crippen LogP contribution in [0.3, 0.4) is 0 Å². The van der Waals surface area contributed by atoms with Gasteiger partial charge in [0.05, 0.1) is 20.1 Å². The third-order valence-corrected chi connectivity index (χ3v) is 4.94. The van der Waals surface area contributed by atoms with E-state index < -0.39 is 17.9 Å². The minimum Gasteiger partial charge on any atom is -0.480 e. The van der Waals surface area contributed by atoms with Crippen molar-refractivity contribution in [1.29, 1.82) is 0 Å². The molecule has 0 aliphatic heterocycles. The number of carbonyl (C=O) groups excluding carboxylic acids is 1. The molecule has 0 bridgehead atoms. The number of hydrogen-bond acceptors (Lipinski definition) is 6. The van der Waals surface area contributed by atoms with Crippen molar-refractivity contribution in [2.24, 2.45) is 0 Å². The second kappa shape index (κ2) is 9.84. The van der Waals surface area contributed by atoms with Crippen LogP contribution in [0.2, 0.25) is 10.0 Å². The lowest BCUT2D eigenvalue weighted by Crippen LogP contribution is -2.32. The van der Waals surface area contributed by atoms with Gasteiger partial charge in [-0.1, -0.05) is 35.3 Å². The number of nitrogens with zero attached hydrogens (tertiary/aromatic N) is 3. The first-order valence-electron chi connectivity index (χ1n) is 8.49. The number of rotatable bonds is 7. The maximum absolute atomic E-state index is 12.4. The summed E-state index contributed by atoms with van der Waals surface area (Å²) in [4.78, 5) is 35.9. The molecule has 11 heteroatoms. The number of pyridine rings is 1. The average Bonchev–Trinajstić information content (AvgIpc) is 2.70. The number of carbonyl (C=O) groups is 2. The third kappa shape index (κ3) is 5.65. The first-order chi connectivity index (χ1) is 14.3. The SMILES string of the molecule is O=C(Nc1ccc(CC(Nc2ncc(Br)cn2)C(=O)O)cc1)c1c(Cl)cncc1Cl. The van der Waals surface area contributed by atoms with E-state index in [4.69, 9.17) is 23.2 Å². The molecule has 3 rings (SSSR count). The Hall–Kier alpha value is -2.75. The molecule has 3 aromatic rings. The standard InChI is InChI=1S/C19H14BrCl2N5O3/c20-11-6-24-19(25-7-11)27-15(18(29)30)5-10-1-3-12(4-2-10)26-17(28)16-13(21)8-23-9-14(16)22/h1-4,6-9,15H,5H2,(H,26,28)(H,29,30)(H,24,25,27). The second-order valence-corrected chi connectivity index (χ2v) is 7.82. The predicted molar refractivity (Wildman–Crippen MR) is 117 cm³/mol. The maximum atomic E-state index is 12.4. The van der Waals surface area contributed by atoms with Gasteiger partial charge in [-0.05, 0) is 33.6 Å². The molecular formula is C19H14BrCl2N5O3. The fraction of sp³-hybridized carbons (Fsp3) is 0.105. The quantitative estimate of drug-likeness (QED) is 0.433. The Bertz CT molecular complexity index is 1040. The van der Waals surface area contributed by atoms with Crippen LogP contribution in [0.15, 0.2) is 53.5 Å². The molecule has 1 atom stereocenters. The van der Waals surface area contributed by atoms with Gasteiger partial charge in [0.2, 0.25) is 5.95 Å². The lowest BCUT2D eigenvalue weighted by Gasteiger charge is -2.15. The van der Waals surface area contributed by atoms with E-state index in [2.05, 4.69) is 41.5 Å². The highest BCUT2D eigenvalue weighted by Gasteiger charge is 2.19. The Morgan fingerprint density at radius 2 is 1.63 bits per heavy atom. The molecule has 3 N–H and O–H groups in total. The van der Waals surface area contributed by atoms with E-state index in [1.165, 1.54) is 24.8 Å². The number of hydrogen-bond donors (Lipinski definition) is 3. The molecule has 2 aromatic heterocycles. The first-order valence-corrected chi connectivity index (χ1v) is 10.0. The molecule has 0 fully saturated rings. The molecule has 0 saturated carbocycles. The molecule has 0 radical (unpaired) electrons. The number of carboxylic acids is 1. The smallest absolute Gasteiger partial charge is 0.326 e. The molecule has 0 spiro atoms. The zero-order valence-electron chi connectivity index (χ0n) is 15.1. The number of carboxylic acid groups (broad SMARTS) is 1. The fourth-order valence-corrected chi connectivity index (χ4v) is 3.27. The van der Waals surface area contributed by atoms with E-state index in [1.54, 1.807) is 24.3 Å². The minimum atomic E-state index is -1.04. The summed E-state index contributed by atoms with van der Waals surface area (Å²) in [5.41, 5.74) is 1.37. The number of aliphatic carboxylic acids is 1. The molecular weight excluding hydrogens is 497 g/mol. The summed E-state index contributed by atoms with van der Waals surface area (Å²) in [6.45, 7) is 0. The van der Waals surface area contributed by atoms with Crippen LogP contribution in [0.1, 0.15) is 15.9 Å². The van der Waals surface area contributed by atoms with Crippen LogP contribution >= 0.6 is 39.1 Å². The number of amides is 1. The topological polar surface area (TPSA) is 117 Å². The summed E-state index contributed by atoms with van der Waals surface area (Å²) < 4.78 is 0.687. The minimum absolute atomic E-state index is 0.127. The van der Waals surface area contributed by atoms with Crippen LogP contribution in [0.5, 0.6) is 0 Å². The molecule has 154 valence electrons. The number of halogens is 3. The lowest BCUT2D eigenvalue weighted by atomic mass is 10.1. The first kappa shape index (κ1) is 21.9. The van der Waals surface area contributed by atoms with Gasteiger partial charge in [0.15, 0.2) is 0 Å². The maximum Gasteiger partial charge on any atom is 0.326 e. The van der Waals surface area contributed by atoms with E-state index in [9.17, 15) is 14.7 Å². The van der Waals surface area contributed by atoms with Gasteiger partial charge in [0, 0.05) is 36.9 Å². The highest BCUT2D eigenvalue weighted by Crippen LogP contribution is 2.24. The van der Waals surface area contributed by atoms with Crippen LogP contribution in [0.4, 0.5) is 11.6 Å². The molecule has 30 heavy (non-hydrogen) atoms. The van der Waals surface area contributed by atoms with Gasteiger partial charge in [0.25, 0.3) is 5.91 Å². The van der Waals surface area contributed by atoms with Gasteiger partial charge in [-0.2, -0.15) is 0 Å². The Kier molecular flexibility index (Phi) is 7.20. The zero-order valence-corrected chi connectivity index (χ0v) is 18.2. The van der Waals surface area contributed by atoms with Crippen LogP contribution in [0, 0.1) is 0 Å². The van der Waals surface area contributed by atoms with E-state index in [1.807, 2.05) is 0 Å². The number of anilines is 2. The summed E-state index contributed by atoms with van der Waals surface area (Å²) in [5, 5.41) is 15.3. The highest BCUT2D eigenvalue weighted by molar-refractivity contribution is 9.10. The fourth-order valence-electron chi connectivity index (χ4n) is 2.52. The summed E-state index contributed by atoms with van der Waals surface area (Å²) in [6.07, 6.45) is 5.89. The van der Waals surface area contributed by atoms with Crippen LogP contribution in [-0.4, -0.2) is 38.0 Å². The van der Waals surface area contributed by atoms with Crippen molar-refractivity contribution in [3.63, 3.8) is 0 Å². The van der Waals surface area contributed by atoms with Crippen molar-refractivity contribution in [2.45, 2.75) is 12.5 Å². The molecule has 0 aliphatic rings. The van der Waals surface area contributed by atoms with Crippen LogP contribution in [0.25, 0.3) is 0 Å². The molecule has 2 heterocycles. The molecule has 1 aromatic carbocycles. The van der Waals surface area contributed by atoms with E-state index >= 15 is 0 Å². The van der Waals surface area contributed by atoms with Gasteiger partial charge in [-0.3, -0.25) is 9.78 Å². The second-order valence-electron chi connectivity index (χ2n) is 6.09. The van der Waals surface area contributed by atoms with Gasteiger partial charge >= 0.3 is 5.97 Å². The summed E-state index contributed by atoms with van der Waals surface area (Å²) >= 11 is 15.2. The lowest BCUT2D eigenvalue weighted by molar-refractivity contribution is -0.137. The van der Waals surface area contributed by atoms with Crippen molar-refractivity contribution >= 4 is 62.6 Å². The highest BCUT2D eigenvalue weighted by atomic mass is 79.9. The predicted octanol–water partition coefficient (Wildman–Crippen LogP) is 4.30. The van der Waals surface area contributed by atoms with Crippen molar-refractivity contribution in [3.05, 3.63) is 74.7 Å². The average molecular weight is 511 g/mol. The molecule has 1 amide bonds. The Morgan fingerprint density at radius 1 is 1.03 bits per heavy atom. The summed E-state index contributed by atoms with van der Waals surface area (Å²) in [6, 6.07) is 5.81. The third-order valence-electron chi connectivity index (χ3n) is 3.95. The molecule has 1 unspecified atom stereocenters. The monoisotopic (exact) mass is 509 g/mol. The van der Waals surface area contributed by atoms with Crippen molar-refractivity contribution < 1.29 is 14.7 Å². The van der Waals surface area contributed by atoms with Gasteiger partial charge in [-0.25, -0.2) is 14.8 Å². The normalized spacial score (nSPS) is 11.6. The number of benzene rings is 1. The Labute approximate surface area is 189 Å². The van der Waals surface area contributed by atoms with Crippen molar-refractivity contribution in [3.8, 4) is 0 Å². The van der Waals surface area contributed by atoms with Gasteiger partial charge < -0.3 is 15.7 Å². The molecule has 0 saturated heterocycles. The number of aromatic nitrogens is 3. The van der Waals surface area contributed by atoms with Crippen LogP contribution < -0.4 is 10.6 Å².